The molecular formula is C18H28N6O9. The Morgan fingerprint density at radius 3 is 1.91 bits per heavy atom. The fraction of sp³-hybridized carbons (Fsp3) is 0.556. The van der Waals surface area contributed by atoms with Gasteiger partial charge in [-0.1, -0.05) is 0 Å². The normalized spacial score (nSPS) is 16.4. The summed E-state index contributed by atoms with van der Waals surface area (Å²) in [5, 5.41) is 43.9. The number of aliphatic carboxylic acids is 2. The molecule has 0 aromatic carbocycles. The number of nitrogens with zero attached hydrogens (tertiary/aromatic N) is 1. The fourth-order valence-electron chi connectivity index (χ4n) is 2.68. The summed E-state index contributed by atoms with van der Waals surface area (Å²) in [6, 6.07) is -6.22. The first-order valence-electron chi connectivity index (χ1n) is 9.78. The quantitative estimate of drug-likeness (QED) is 0.134. The predicted molar refractivity (Wildman–Crippen MR) is 109 cm³/mol. The molecule has 6 atom stereocenters. The number of carbonyl (C=O) groups is 5. The van der Waals surface area contributed by atoms with Crippen molar-refractivity contribution in [3.05, 3.63) is 18.2 Å². The van der Waals surface area contributed by atoms with Crippen molar-refractivity contribution >= 4 is 29.7 Å². The van der Waals surface area contributed by atoms with Gasteiger partial charge in [0.2, 0.25) is 17.7 Å². The number of H-pyrrole nitrogens is 1. The van der Waals surface area contributed by atoms with E-state index in [4.69, 9.17) is 15.9 Å². The van der Waals surface area contributed by atoms with E-state index >= 15 is 0 Å². The highest BCUT2D eigenvalue weighted by molar-refractivity contribution is 5.95. The van der Waals surface area contributed by atoms with Gasteiger partial charge in [0.15, 0.2) is 0 Å². The van der Waals surface area contributed by atoms with E-state index in [1.54, 1.807) is 0 Å². The van der Waals surface area contributed by atoms with Crippen molar-refractivity contribution in [2.24, 2.45) is 5.73 Å². The third-order valence-corrected chi connectivity index (χ3v) is 4.45. The minimum absolute atomic E-state index is 0.0544. The summed E-state index contributed by atoms with van der Waals surface area (Å²) in [4.78, 5) is 65.9. The van der Waals surface area contributed by atoms with Crippen LogP contribution in [0.25, 0.3) is 0 Å². The van der Waals surface area contributed by atoms with Crippen LogP contribution in [0.4, 0.5) is 0 Å². The van der Waals surface area contributed by atoms with Gasteiger partial charge in [0.1, 0.15) is 18.1 Å². The minimum Gasteiger partial charge on any atom is -0.481 e. The van der Waals surface area contributed by atoms with Crippen LogP contribution in [0.1, 0.15) is 26.0 Å². The number of amides is 3. The molecule has 1 aromatic heterocycles. The first kappa shape index (κ1) is 27.5. The van der Waals surface area contributed by atoms with Crippen molar-refractivity contribution < 1.29 is 44.4 Å². The Hall–Kier alpha value is -3.56. The first-order valence-corrected chi connectivity index (χ1v) is 9.78. The van der Waals surface area contributed by atoms with Crippen molar-refractivity contribution in [1.82, 2.24) is 25.9 Å². The number of imidazole rings is 1. The van der Waals surface area contributed by atoms with E-state index in [-0.39, 0.29) is 6.42 Å². The number of carboxylic acids is 2. The van der Waals surface area contributed by atoms with E-state index in [9.17, 15) is 34.2 Å². The van der Waals surface area contributed by atoms with Crippen LogP contribution in [0.5, 0.6) is 0 Å². The molecule has 0 bridgehead atoms. The van der Waals surface area contributed by atoms with Crippen molar-refractivity contribution in [3.8, 4) is 0 Å². The lowest BCUT2D eigenvalue weighted by molar-refractivity contribution is -0.148. The number of carboxylic acid groups (broad SMARTS) is 2. The third-order valence-electron chi connectivity index (χ3n) is 4.45. The average molecular weight is 472 g/mol. The van der Waals surface area contributed by atoms with Gasteiger partial charge in [0, 0.05) is 18.3 Å². The summed E-state index contributed by atoms with van der Waals surface area (Å²) >= 11 is 0. The second kappa shape index (κ2) is 12.5. The highest BCUT2D eigenvalue weighted by atomic mass is 16.4. The highest BCUT2D eigenvalue weighted by Crippen LogP contribution is 2.03. The van der Waals surface area contributed by atoms with Crippen molar-refractivity contribution in [2.75, 3.05) is 0 Å². The zero-order valence-corrected chi connectivity index (χ0v) is 17.9. The van der Waals surface area contributed by atoms with Crippen LogP contribution in [0, 0.1) is 0 Å². The van der Waals surface area contributed by atoms with Crippen LogP contribution in [0.3, 0.4) is 0 Å². The highest BCUT2D eigenvalue weighted by Gasteiger charge is 2.34. The van der Waals surface area contributed by atoms with Gasteiger partial charge in [0.05, 0.1) is 31.0 Å². The summed E-state index contributed by atoms with van der Waals surface area (Å²) in [5.74, 6) is -6.18. The number of carbonyl (C=O) groups excluding carboxylic acids is 3. The van der Waals surface area contributed by atoms with Crippen LogP contribution in [0.2, 0.25) is 0 Å². The van der Waals surface area contributed by atoms with Gasteiger partial charge in [0.25, 0.3) is 0 Å². The minimum atomic E-state index is -1.82. The molecule has 6 unspecified atom stereocenters. The Bertz CT molecular complexity index is 842. The van der Waals surface area contributed by atoms with E-state index in [2.05, 4.69) is 20.6 Å². The van der Waals surface area contributed by atoms with Crippen LogP contribution < -0.4 is 21.7 Å². The Kier molecular flexibility index (Phi) is 10.4. The van der Waals surface area contributed by atoms with Crippen LogP contribution in [-0.2, 0) is 30.4 Å². The van der Waals surface area contributed by atoms with Gasteiger partial charge in [-0.2, -0.15) is 0 Å². The molecular weight excluding hydrogens is 444 g/mol. The van der Waals surface area contributed by atoms with E-state index in [0.717, 1.165) is 6.92 Å². The maximum Gasteiger partial charge on any atom is 0.326 e. The van der Waals surface area contributed by atoms with Gasteiger partial charge in [-0.05, 0) is 13.8 Å². The number of hydrogen-bond donors (Lipinski definition) is 9. The van der Waals surface area contributed by atoms with Crippen molar-refractivity contribution in [3.63, 3.8) is 0 Å². The maximum absolute atomic E-state index is 12.6. The number of aliphatic hydroxyl groups excluding tert-OH is 2. The molecule has 0 aliphatic carbocycles. The first-order chi connectivity index (χ1) is 15.3. The Labute approximate surface area is 187 Å². The lowest BCUT2D eigenvalue weighted by Crippen LogP contribution is -2.62. The fourth-order valence-corrected chi connectivity index (χ4v) is 2.68. The molecule has 0 aliphatic heterocycles. The SMILES string of the molecule is CC(O)C(NC(=O)C(N)Cc1cnc[nH]1)C(=O)NC(C(=O)NC(CC(=O)O)C(=O)O)C(C)O. The average Bonchev–Trinajstić information content (AvgIpc) is 3.21. The molecule has 0 spiro atoms. The molecule has 3 amide bonds. The summed E-state index contributed by atoms with van der Waals surface area (Å²) in [6.45, 7) is 2.31. The summed E-state index contributed by atoms with van der Waals surface area (Å²) in [5.41, 5.74) is 6.35. The second-order valence-corrected chi connectivity index (χ2v) is 7.34. The molecule has 0 saturated heterocycles. The summed E-state index contributed by atoms with van der Waals surface area (Å²) < 4.78 is 0. The van der Waals surface area contributed by atoms with Gasteiger partial charge >= 0.3 is 11.9 Å². The van der Waals surface area contributed by atoms with E-state index in [1.807, 2.05) is 5.32 Å². The molecule has 10 N–H and O–H groups in total. The number of aromatic amines is 1. The zero-order valence-electron chi connectivity index (χ0n) is 17.9. The molecule has 184 valence electrons. The van der Waals surface area contributed by atoms with Crippen LogP contribution >= 0.6 is 0 Å². The van der Waals surface area contributed by atoms with Gasteiger partial charge in [-0.15, -0.1) is 0 Å². The Morgan fingerprint density at radius 2 is 1.48 bits per heavy atom. The molecule has 0 aliphatic rings. The van der Waals surface area contributed by atoms with Crippen LogP contribution in [0.15, 0.2) is 12.5 Å². The Balaban J connectivity index is 2.87. The largest absolute Gasteiger partial charge is 0.481 e. The third kappa shape index (κ3) is 8.83. The molecule has 0 radical (unpaired) electrons. The lowest BCUT2D eigenvalue weighted by atomic mass is 10.1. The summed E-state index contributed by atoms with van der Waals surface area (Å²) in [6.07, 6.45) is -1.03. The molecule has 1 heterocycles. The molecule has 15 heteroatoms. The number of aromatic nitrogens is 2. The number of nitrogens with two attached hydrogens (primary N) is 1. The van der Waals surface area contributed by atoms with Gasteiger partial charge in [-0.25, -0.2) is 9.78 Å². The predicted octanol–water partition coefficient (Wildman–Crippen LogP) is -3.95. The van der Waals surface area contributed by atoms with E-state index in [1.165, 1.54) is 19.4 Å². The number of nitrogens with one attached hydrogen (secondary N) is 4. The molecule has 15 nitrogen and oxygen atoms in total. The smallest absolute Gasteiger partial charge is 0.326 e. The van der Waals surface area contributed by atoms with Crippen molar-refractivity contribution in [2.45, 2.75) is 63.1 Å². The number of rotatable bonds is 13. The standard InChI is InChI=1S/C18H28N6O9/c1-7(25)13(16(30)22-11(18(32)33)4-12(27)28)24-17(31)14(8(2)26)23-15(29)10(19)3-9-5-20-6-21-9/h5-8,10-11,13-14,25-26H,3-4,19H2,1-2H3,(H,20,21)(H,22,30)(H,23,29)(H,24,31)(H,27,28)(H,32,33). The monoisotopic (exact) mass is 472 g/mol. The molecule has 0 saturated carbocycles. The van der Waals surface area contributed by atoms with E-state index in [0.29, 0.717) is 5.69 Å². The second-order valence-electron chi connectivity index (χ2n) is 7.34. The number of aliphatic hydroxyl groups is 2. The molecule has 0 fully saturated rings. The van der Waals surface area contributed by atoms with Gasteiger partial charge < -0.3 is 47.1 Å². The Morgan fingerprint density at radius 1 is 0.970 bits per heavy atom. The topological polar surface area (TPSA) is 257 Å². The molecule has 33 heavy (non-hydrogen) atoms. The zero-order chi connectivity index (χ0) is 25.3. The van der Waals surface area contributed by atoms with Gasteiger partial charge in [-0.3, -0.25) is 19.2 Å². The maximum atomic E-state index is 12.6. The van der Waals surface area contributed by atoms with Crippen LogP contribution in [-0.4, -0.2) is 96.4 Å². The molecule has 1 rings (SSSR count). The summed E-state index contributed by atoms with van der Waals surface area (Å²) in [7, 11) is 0. The lowest BCUT2D eigenvalue weighted by Gasteiger charge is -2.27. The van der Waals surface area contributed by atoms with Crippen molar-refractivity contribution in [1.29, 1.82) is 0 Å². The number of hydrogen-bond acceptors (Lipinski definition) is 9. The molecule has 1 aromatic rings. The van der Waals surface area contributed by atoms with E-state index < -0.39 is 72.5 Å².